The summed E-state index contributed by atoms with van der Waals surface area (Å²) in [6, 6.07) is 0.00693. The first-order chi connectivity index (χ1) is 9.65. The van der Waals surface area contributed by atoms with Crippen LogP contribution in [0.2, 0.25) is 0 Å². The Morgan fingerprint density at radius 3 is 2.80 bits per heavy atom. The molecule has 20 heavy (non-hydrogen) atoms. The Kier molecular flexibility index (Phi) is 7.77. The van der Waals surface area contributed by atoms with Gasteiger partial charge < -0.3 is 15.2 Å². The number of aromatic nitrogens is 2. The number of unbranched alkanes of at least 4 members (excludes halogenated alkanes) is 1. The zero-order chi connectivity index (χ0) is 14.8. The van der Waals surface area contributed by atoms with E-state index in [1.165, 1.54) is 19.3 Å². The second kappa shape index (κ2) is 9.39. The van der Waals surface area contributed by atoms with Gasteiger partial charge >= 0.3 is 6.03 Å². The van der Waals surface area contributed by atoms with Gasteiger partial charge in [0.25, 0.3) is 0 Å². The lowest BCUT2D eigenvalue weighted by Gasteiger charge is -2.18. The Morgan fingerprint density at radius 2 is 2.20 bits per heavy atom. The molecule has 0 saturated carbocycles. The first kappa shape index (κ1) is 16.5. The second-order valence-electron chi connectivity index (χ2n) is 5.43. The summed E-state index contributed by atoms with van der Waals surface area (Å²) in [5.74, 6) is 0.588. The minimum Gasteiger partial charge on any atom is -0.338 e. The molecule has 1 aromatic heterocycles. The molecule has 0 fully saturated rings. The van der Waals surface area contributed by atoms with Crippen molar-refractivity contribution in [3.05, 3.63) is 18.7 Å². The van der Waals surface area contributed by atoms with Gasteiger partial charge in [-0.3, -0.25) is 0 Å². The number of nitrogens with one attached hydrogen (secondary N) is 2. The third kappa shape index (κ3) is 6.59. The van der Waals surface area contributed by atoms with E-state index in [0.717, 1.165) is 19.5 Å². The predicted molar refractivity (Wildman–Crippen MR) is 81.5 cm³/mol. The summed E-state index contributed by atoms with van der Waals surface area (Å²) in [7, 11) is 0. The third-order valence-corrected chi connectivity index (χ3v) is 3.52. The number of imidazole rings is 1. The van der Waals surface area contributed by atoms with Crippen molar-refractivity contribution < 1.29 is 4.79 Å². The number of nitrogens with zero attached hydrogens (tertiary/aromatic N) is 2. The fourth-order valence-corrected chi connectivity index (χ4v) is 2.21. The summed E-state index contributed by atoms with van der Waals surface area (Å²) in [6.07, 6.45) is 10.2. The van der Waals surface area contributed by atoms with Crippen LogP contribution < -0.4 is 10.6 Å². The van der Waals surface area contributed by atoms with E-state index in [-0.39, 0.29) is 12.1 Å². The van der Waals surface area contributed by atoms with Gasteiger partial charge in [-0.15, -0.1) is 0 Å². The maximum atomic E-state index is 11.8. The molecule has 0 saturated heterocycles. The van der Waals surface area contributed by atoms with Crippen LogP contribution in [0.4, 0.5) is 4.79 Å². The van der Waals surface area contributed by atoms with E-state index < -0.39 is 0 Å². The summed E-state index contributed by atoms with van der Waals surface area (Å²) < 4.78 is 1.96. The number of urea groups is 1. The predicted octanol–water partition coefficient (Wildman–Crippen LogP) is 2.79. The van der Waals surface area contributed by atoms with E-state index in [4.69, 9.17) is 0 Å². The van der Waals surface area contributed by atoms with Crippen LogP contribution in [-0.2, 0) is 6.54 Å². The van der Waals surface area contributed by atoms with Gasteiger partial charge in [0.05, 0.1) is 6.33 Å². The zero-order valence-electron chi connectivity index (χ0n) is 12.9. The average Bonchev–Trinajstić information content (AvgIpc) is 2.91. The van der Waals surface area contributed by atoms with Gasteiger partial charge in [-0.1, -0.05) is 33.1 Å². The van der Waals surface area contributed by atoms with E-state index in [1.54, 1.807) is 12.5 Å². The molecule has 5 heteroatoms. The Balaban J connectivity index is 2.21. The van der Waals surface area contributed by atoms with Crippen LogP contribution in [0.15, 0.2) is 18.7 Å². The first-order valence-electron chi connectivity index (χ1n) is 7.65. The fourth-order valence-electron chi connectivity index (χ4n) is 2.21. The van der Waals surface area contributed by atoms with Crippen LogP contribution in [0.25, 0.3) is 0 Å². The molecule has 5 nitrogen and oxygen atoms in total. The highest BCUT2D eigenvalue weighted by atomic mass is 16.2. The molecule has 114 valence electrons. The Morgan fingerprint density at radius 1 is 1.40 bits per heavy atom. The molecule has 2 atom stereocenters. The number of hydrogen-bond acceptors (Lipinski definition) is 2. The molecule has 0 unspecified atom stereocenters. The Hall–Kier alpha value is -1.52. The zero-order valence-corrected chi connectivity index (χ0v) is 12.9. The molecule has 2 N–H and O–H groups in total. The fraction of sp³-hybridized carbons (Fsp3) is 0.733. The highest BCUT2D eigenvalue weighted by Gasteiger charge is 2.10. The van der Waals surface area contributed by atoms with Gasteiger partial charge in [0.2, 0.25) is 0 Å². The second-order valence-corrected chi connectivity index (χ2v) is 5.43. The monoisotopic (exact) mass is 280 g/mol. The van der Waals surface area contributed by atoms with Crippen LogP contribution >= 0.6 is 0 Å². The van der Waals surface area contributed by atoms with Crippen LogP contribution in [0, 0.1) is 5.92 Å². The quantitative estimate of drug-likeness (QED) is 0.730. The molecule has 0 aliphatic rings. The molecule has 1 aromatic rings. The van der Waals surface area contributed by atoms with Gasteiger partial charge in [-0.05, 0) is 19.3 Å². The van der Waals surface area contributed by atoms with Crippen molar-refractivity contribution >= 4 is 6.03 Å². The van der Waals surface area contributed by atoms with Crippen molar-refractivity contribution in [2.24, 2.45) is 5.92 Å². The smallest absolute Gasteiger partial charge is 0.315 e. The number of hydrogen-bond donors (Lipinski definition) is 2. The summed E-state index contributed by atoms with van der Waals surface area (Å²) in [4.78, 5) is 15.8. The Bertz CT molecular complexity index is 364. The van der Waals surface area contributed by atoms with Gasteiger partial charge in [-0.2, -0.15) is 0 Å². The van der Waals surface area contributed by atoms with Gasteiger partial charge in [0.1, 0.15) is 0 Å². The number of carbonyl (C=O) groups excluding carboxylic acids is 1. The lowest BCUT2D eigenvalue weighted by atomic mass is 9.99. The topological polar surface area (TPSA) is 59.0 Å². The first-order valence-corrected chi connectivity index (χ1v) is 7.65. The van der Waals surface area contributed by atoms with E-state index in [9.17, 15) is 4.79 Å². The van der Waals surface area contributed by atoms with Crippen LogP contribution in [0.1, 0.15) is 46.5 Å². The van der Waals surface area contributed by atoms with Crippen LogP contribution in [0.5, 0.6) is 0 Å². The van der Waals surface area contributed by atoms with Crippen molar-refractivity contribution in [2.45, 2.75) is 59.0 Å². The Labute approximate surface area is 122 Å². The maximum Gasteiger partial charge on any atom is 0.315 e. The molecule has 0 aromatic carbocycles. The molecule has 0 bridgehead atoms. The SMILES string of the molecule is CCCC[C@@H](CC)CNC(=O)N[C@H](C)Cn1ccnc1. The minimum absolute atomic E-state index is 0.0763. The van der Waals surface area contributed by atoms with E-state index in [0.29, 0.717) is 5.92 Å². The summed E-state index contributed by atoms with van der Waals surface area (Å²) in [5, 5.41) is 5.93. The van der Waals surface area contributed by atoms with Crippen molar-refractivity contribution in [1.29, 1.82) is 0 Å². The summed E-state index contributed by atoms with van der Waals surface area (Å²) in [6.45, 7) is 7.88. The minimum atomic E-state index is -0.0763. The third-order valence-electron chi connectivity index (χ3n) is 3.52. The van der Waals surface area contributed by atoms with Crippen LogP contribution in [-0.4, -0.2) is 28.2 Å². The average molecular weight is 280 g/mol. The molecule has 1 heterocycles. The molecule has 0 spiro atoms. The van der Waals surface area contributed by atoms with Crippen molar-refractivity contribution in [1.82, 2.24) is 20.2 Å². The maximum absolute atomic E-state index is 11.8. The van der Waals surface area contributed by atoms with Gasteiger partial charge in [0, 0.05) is 31.5 Å². The normalized spacial score (nSPS) is 13.8. The number of rotatable bonds is 9. The summed E-state index contributed by atoms with van der Waals surface area (Å²) in [5.41, 5.74) is 0. The summed E-state index contributed by atoms with van der Waals surface area (Å²) >= 11 is 0. The molecule has 0 radical (unpaired) electrons. The molecule has 0 aliphatic carbocycles. The molecule has 2 amide bonds. The van der Waals surface area contributed by atoms with Crippen LogP contribution in [0.3, 0.4) is 0 Å². The standard InChI is InChI=1S/C15H28N4O/c1-4-6-7-14(5-2)10-17-15(20)18-13(3)11-19-9-8-16-12-19/h8-9,12-14H,4-7,10-11H2,1-3H3,(H2,17,18,20)/t13-,14-/m1/s1. The molecular weight excluding hydrogens is 252 g/mol. The lowest BCUT2D eigenvalue weighted by Crippen LogP contribution is -2.43. The number of amides is 2. The number of carbonyl (C=O) groups is 1. The van der Waals surface area contributed by atoms with E-state index >= 15 is 0 Å². The van der Waals surface area contributed by atoms with Crippen molar-refractivity contribution in [3.63, 3.8) is 0 Å². The highest BCUT2D eigenvalue weighted by Crippen LogP contribution is 2.10. The molecule has 1 rings (SSSR count). The molecule has 0 aliphatic heterocycles. The van der Waals surface area contributed by atoms with E-state index in [2.05, 4.69) is 29.5 Å². The highest BCUT2D eigenvalue weighted by molar-refractivity contribution is 5.74. The lowest BCUT2D eigenvalue weighted by molar-refractivity contribution is 0.233. The van der Waals surface area contributed by atoms with Gasteiger partial charge in [-0.25, -0.2) is 9.78 Å². The van der Waals surface area contributed by atoms with E-state index in [1.807, 2.05) is 17.7 Å². The van der Waals surface area contributed by atoms with Gasteiger partial charge in [0.15, 0.2) is 0 Å². The van der Waals surface area contributed by atoms with Crippen molar-refractivity contribution in [2.75, 3.05) is 6.54 Å². The van der Waals surface area contributed by atoms with Crippen molar-refractivity contribution in [3.8, 4) is 0 Å². The largest absolute Gasteiger partial charge is 0.338 e. The molecular formula is C15H28N4O.